The summed E-state index contributed by atoms with van der Waals surface area (Å²) in [5.41, 5.74) is 6.59. The monoisotopic (exact) mass is 298 g/mol. The number of alkyl halides is 2. The second kappa shape index (κ2) is 7.36. The number of nitrogens with two attached hydrogens (primary N) is 1. The van der Waals surface area contributed by atoms with Gasteiger partial charge in [0.1, 0.15) is 5.75 Å². The molecule has 0 saturated carbocycles. The quantitative estimate of drug-likeness (QED) is 0.909. The van der Waals surface area contributed by atoms with Gasteiger partial charge in [-0.05, 0) is 18.9 Å². The summed E-state index contributed by atoms with van der Waals surface area (Å²) < 4.78 is 29.3. The maximum absolute atomic E-state index is 12.4. The van der Waals surface area contributed by atoms with Crippen LogP contribution in [0.2, 0.25) is 0 Å². The van der Waals surface area contributed by atoms with E-state index in [1.165, 1.54) is 6.07 Å². The lowest BCUT2D eigenvalue weighted by atomic mass is 10.1. The Hall–Kier alpha value is -1.69. The van der Waals surface area contributed by atoms with Gasteiger partial charge >= 0.3 is 6.61 Å². The molecule has 4 nitrogen and oxygen atoms in total. The predicted molar refractivity (Wildman–Crippen MR) is 75.1 cm³/mol. The Bertz CT molecular complexity index is 482. The molecule has 1 fully saturated rings. The van der Waals surface area contributed by atoms with E-state index < -0.39 is 12.7 Å². The van der Waals surface area contributed by atoms with Gasteiger partial charge in [0.2, 0.25) is 5.91 Å². The first kappa shape index (κ1) is 15.7. The van der Waals surface area contributed by atoms with E-state index in [-0.39, 0.29) is 11.7 Å². The van der Waals surface area contributed by atoms with E-state index in [1.807, 2.05) is 0 Å². The fourth-order valence-electron chi connectivity index (χ4n) is 2.56. The van der Waals surface area contributed by atoms with E-state index in [0.717, 1.165) is 19.3 Å². The average molecular weight is 298 g/mol. The maximum atomic E-state index is 12.4. The van der Waals surface area contributed by atoms with E-state index >= 15 is 0 Å². The van der Waals surface area contributed by atoms with Crippen LogP contribution in [0.15, 0.2) is 24.3 Å². The van der Waals surface area contributed by atoms with Crippen LogP contribution in [0.1, 0.15) is 37.3 Å². The molecular weight excluding hydrogens is 278 g/mol. The minimum atomic E-state index is -2.89. The molecule has 1 amide bonds. The largest absolute Gasteiger partial charge is 0.434 e. The van der Waals surface area contributed by atoms with Crippen molar-refractivity contribution in [2.45, 2.75) is 38.3 Å². The van der Waals surface area contributed by atoms with E-state index in [1.54, 1.807) is 23.1 Å². The van der Waals surface area contributed by atoms with Crippen LogP contribution in [0, 0.1) is 0 Å². The van der Waals surface area contributed by atoms with E-state index in [9.17, 15) is 13.6 Å². The highest BCUT2D eigenvalue weighted by Crippen LogP contribution is 2.26. The summed E-state index contributed by atoms with van der Waals surface area (Å²) in [5, 5.41) is 0. The summed E-state index contributed by atoms with van der Waals surface area (Å²) in [6.07, 6.45) is 3.41. The molecule has 0 spiro atoms. The van der Waals surface area contributed by atoms with Gasteiger partial charge in [0, 0.05) is 25.1 Å². The lowest BCUT2D eigenvalue weighted by Crippen LogP contribution is -2.36. The second-order valence-electron chi connectivity index (χ2n) is 5.17. The standard InChI is InChI=1S/C15H20F2N2O2/c16-15(17)21-13-7-4-3-6-11(13)12(18)10-19-9-5-1-2-8-14(19)20/h3-4,6-7,12,15H,1-2,5,8-10,18H2. The summed E-state index contributed by atoms with van der Waals surface area (Å²) in [6, 6.07) is 5.92. The van der Waals surface area contributed by atoms with Crippen LogP contribution < -0.4 is 10.5 Å². The molecule has 1 unspecified atom stereocenters. The lowest BCUT2D eigenvalue weighted by molar-refractivity contribution is -0.131. The summed E-state index contributed by atoms with van der Waals surface area (Å²) >= 11 is 0. The molecule has 2 rings (SSSR count). The van der Waals surface area contributed by atoms with Gasteiger partial charge in [-0.2, -0.15) is 8.78 Å². The summed E-state index contributed by atoms with van der Waals surface area (Å²) in [5.74, 6) is 0.150. The lowest BCUT2D eigenvalue weighted by Gasteiger charge is -2.25. The molecule has 1 heterocycles. The third kappa shape index (κ3) is 4.39. The zero-order valence-electron chi connectivity index (χ0n) is 11.8. The molecule has 1 atom stereocenters. The third-order valence-corrected chi connectivity index (χ3v) is 3.62. The third-order valence-electron chi connectivity index (χ3n) is 3.62. The summed E-state index contributed by atoms with van der Waals surface area (Å²) in [7, 11) is 0. The van der Waals surface area contributed by atoms with Gasteiger partial charge in [-0.3, -0.25) is 4.79 Å². The Balaban J connectivity index is 2.08. The number of amides is 1. The number of para-hydroxylation sites is 1. The van der Waals surface area contributed by atoms with Crippen LogP contribution in [-0.2, 0) is 4.79 Å². The number of likely N-dealkylation sites (tertiary alicyclic amines) is 1. The molecule has 0 radical (unpaired) electrons. The van der Waals surface area contributed by atoms with Crippen molar-refractivity contribution < 1.29 is 18.3 Å². The van der Waals surface area contributed by atoms with Gasteiger partial charge in [-0.15, -0.1) is 0 Å². The molecule has 1 aliphatic rings. The molecule has 21 heavy (non-hydrogen) atoms. The van der Waals surface area contributed by atoms with Crippen molar-refractivity contribution in [3.63, 3.8) is 0 Å². The fourth-order valence-corrected chi connectivity index (χ4v) is 2.56. The Morgan fingerprint density at radius 2 is 2.00 bits per heavy atom. The van der Waals surface area contributed by atoms with Crippen LogP contribution in [0.3, 0.4) is 0 Å². The van der Waals surface area contributed by atoms with Crippen LogP contribution in [0.25, 0.3) is 0 Å². The van der Waals surface area contributed by atoms with Crippen molar-refractivity contribution in [2.24, 2.45) is 5.73 Å². The number of rotatable bonds is 5. The number of carbonyl (C=O) groups excluding carboxylic acids is 1. The first-order chi connectivity index (χ1) is 10.1. The van der Waals surface area contributed by atoms with Crippen LogP contribution in [0.5, 0.6) is 5.75 Å². The first-order valence-electron chi connectivity index (χ1n) is 7.15. The van der Waals surface area contributed by atoms with Gasteiger partial charge < -0.3 is 15.4 Å². The molecule has 2 N–H and O–H groups in total. The highest BCUT2D eigenvalue weighted by Gasteiger charge is 2.22. The van der Waals surface area contributed by atoms with Crippen molar-refractivity contribution in [1.29, 1.82) is 0 Å². The minimum Gasteiger partial charge on any atom is -0.434 e. The molecule has 0 aliphatic carbocycles. The number of halogens is 2. The summed E-state index contributed by atoms with van der Waals surface area (Å²) in [4.78, 5) is 13.7. The Kier molecular flexibility index (Phi) is 5.50. The van der Waals surface area contributed by atoms with Gasteiger partial charge in [-0.25, -0.2) is 0 Å². The average Bonchev–Trinajstić information content (AvgIpc) is 2.64. The molecule has 1 saturated heterocycles. The minimum absolute atomic E-state index is 0.0715. The van der Waals surface area contributed by atoms with Gasteiger partial charge in [0.15, 0.2) is 0 Å². The molecular formula is C15H20F2N2O2. The van der Waals surface area contributed by atoms with Crippen molar-refractivity contribution in [3.8, 4) is 5.75 Å². The first-order valence-corrected chi connectivity index (χ1v) is 7.15. The number of hydrogen-bond acceptors (Lipinski definition) is 3. The molecule has 116 valence electrons. The van der Waals surface area contributed by atoms with Crippen molar-refractivity contribution in [2.75, 3.05) is 13.1 Å². The number of carbonyl (C=O) groups is 1. The Morgan fingerprint density at radius 1 is 1.24 bits per heavy atom. The van der Waals surface area contributed by atoms with Crippen molar-refractivity contribution in [1.82, 2.24) is 4.90 Å². The number of ether oxygens (including phenoxy) is 1. The van der Waals surface area contributed by atoms with Crippen molar-refractivity contribution in [3.05, 3.63) is 29.8 Å². The highest BCUT2D eigenvalue weighted by molar-refractivity contribution is 5.76. The fraction of sp³-hybridized carbons (Fsp3) is 0.533. The van der Waals surface area contributed by atoms with Crippen molar-refractivity contribution >= 4 is 5.91 Å². The molecule has 1 aromatic rings. The number of benzene rings is 1. The number of hydrogen-bond donors (Lipinski definition) is 1. The van der Waals surface area contributed by atoms with E-state index in [0.29, 0.717) is 25.1 Å². The molecule has 1 aliphatic heterocycles. The predicted octanol–water partition coefficient (Wildman–Crippen LogP) is 2.69. The van der Waals surface area contributed by atoms with Crippen LogP contribution >= 0.6 is 0 Å². The molecule has 0 aromatic heterocycles. The zero-order chi connectivity index (χ0) is 15.2. The Morgan fingerprint density at radius 3 is 2.76 bits per heavy atom. The van der Waals surface area contributed by atoms with Gasteiger partial charge in [0.05, 0.1) is 6.04 Å². The molecule has 6 heteroatoms. The van der Waals surface area contributed by atoms with Gasteiger partial charge in [-0.1, -0.05) is 24.6 Å². The van der Waals surface area contributed by atoms with Crippen LogP contribution in [-0.4, -0.2) is 30.5 Å². The number of nitrogens with zero attached hydrogens (tertiary/aromatic N) is 1. The van der Waals surface area contributed by atoms with E-state index in [2.05, 4.69) is 4.74 Å². The maximum Gasteiger partial charge on any atom is 0.387 e. The smallest absolute Gasteiger partial charge is 0.387 e. The zero-order valence-corrected chi connectivity index (χ0v) is 11.8. The Labute approximate surface area is 122 Å². The van der Waals surface area contributed by atoms with Gasteiger partial charge in [0.25, 0.3) is 0 Å². The topological polar surface area (TPSA) is 55.6 Å². The second-order valence-corrected chi connectivity index (χ2v) is 5.17. The summed E-state index contributed by atoms with van der Waals surface area (Å²) in [6.45, 7) is -1.90. The molecule has 0 bridgehead atoms. The van der Waals surface area contributed by atoms with E-state index in [4.69, 9.17) is 5.73 Å². The normalized spacial score (nSPS) is 17.7. The van der Waals surface area contributed by atoms with Crippen LogP contribution in [0.4, 0.5) is 8.78 Å². The highest BCUT2D eigenvalue weighted by atomic mass is 19.3. The SMILES string of the molecule is NC(CN1CCCCCC1=O)c1ccccc1OC(F)F. The molecule has 1 aromatic carbocycles.